The topological polar surface area (TPSA) is 103 Å². The first-order valence-corrected chi connectivity index (χ1v) is 8.62. The molecule has 3 rings (SSSR count). The van der Waals surface area contributed by atoms with E-state index < -0.39 is 16.6 Å². The van der Waals surface area contributed by atoms with Crippen molar-refractivity contribution in [2.75, 3.05) is 0 Å². The Labute approximate surface area is 153 Å². The van der Waals surface area contributed by atoms with Crippen molar-refractivity contribution in [3.8, 4) is 0 Å². The molecule has 0 saturated heterocycles. The number of hydrogen-bond donors (Lipinski definition) is 1. The maximum absolute atomic E-state index is 13.7. The molecule has 26 heavy (non-hydrogen) atoms. The van der Waals surface area contributed by atoms with Crippen LogP contribution >= 0.6 is 11.6 Å². The van der Waals surface area contributed by atoms with E-state index in [2.05, 4.69) is 15.4 Å². The smallest absolute Gasteiger partial charge is 0.274 e. The minimum atomic E-state index is -0.801. The van der Waals surface area contributed by atoms with E-state index in [1.165, 1.54) is 0 Å². The van der Waals surface area contributed by atoms with Crippen molar-refractivity contribution in [2.45, 2.75) is 45.2 Å². The fourth-order valence-corrected chi connectivity index (χ4v) is 3.15. The zero-order chi connectivity index (χ0) is 18.8. The van der Waals surface area contributed by atoms with Gasteiger partial charge in [0.25, 0.3) is 5.69 Å². The van der Waals surface area contributed by atoms with Crippen molar-refractivity contribution >= 4 is 23.2 Å². The van der Waals surface area contributed by atoms with Gasteiger partial charge in [0.05, 0.1) is 22.4 Å². The molecule has 1 aliphatic rings. The highest BCUT2D eigenvalue weighted by Crippen LogP contribution is 2.27. The fraction of sp³-hybridized carbons (Fsp3) is 0.438. The van der Waals surface area contributed by atoms with E-state index in [4.69, 9.17) is 11.6 Å². The molecule has 1 amide bonds. The van der Waals surface area contributed by atoms with Gasteiger partial charge in [0.2, 0.25) is 5.91 Å². The molecule has 138 valence electrons. The first kappa shape index (κ1) is 18.2. The minimum absolute atomic E-state index is 0.0269. The third kappa shape index (κ3) is 3.67. The number of nitrogens with zero attached hydrogens (tertiary/aromatic N) is 4. The first-order valence-electron chi connectivity index (χ1n) is 8.24. The molecule has 1 atom stereocenters. The number of benzene rings is 1. The largest absolute Gasteiger partial charge is 0.346 e. The van der Waals surface area contributed by atoms with Crippen LogP contribution in [0.5, 0.6) is 0 Å². The summed E-state index contributed by atoms with van der Waals surface area (Å²) >= 11 is 5.60. The highest BCUT2D eigenvalue weighted by atomic mass is 35.5. The Kier molecular flexibility index (Phi) is 5.17. The average Bonchev–Trinajstić information content (AvgIpc) is 3.02. The van der Waals surface area contributed by atoms with E-state index in [0.717, 1.165) is 25.1 Å². The molecule has 1 aliphatic heterocycles. The lowest BCUT2D eigenvalue weighted by atomic mass is 10.1. The second kappa shape index (κ2) is 7.36. The lowest BCUT2D eigenvalue weighted by Crippen LogP contribution is -2.34. The molecule has 0 radical (unpaired) electrons. The van der Waals surface area contributed by atoms with Crippen LogP contribution in [0.2, 0.25) is 5.02 Å². The molecule has 0 fully saturated rings. The zero-order valence-corrected chi connectivity index (χ0v) is 14.8. The lowest BCUT2D eigenvalue weighted by molar-refractivity contribution is -0.385. The molecule has 1 aromatic carbocycles. The van der Waals surface area contributed by atoms with Gasteiger partial charge < -0.3 is 5.32 Å². The van der Waals surface area contributed by atoms with Crippen LogP contribution in [-0.2, 0) is 24.2 Å². The third-order valence-electron chi connectivity index (χ3n) is 4.24. The number of nitrogens with one attached hydrogen (secondary N) is 1. The van der Waals surface area contributed by atoms with Crippen molar-refractivity contribution in [1.29, 1.82) is 0 Å². The summed E-state index contributed by atoms with van der Waals surface area (Å²) in [6.07, 6.45) is 1.90. The van der Waals surface area contributed by atoms with Crippen molar-refractivity contribution in [3.63, 3.8) is 0 Å². The zero-order valence-electron chi connectivity index (χ0n) is 14.0. The van der Waals surface area contributed by atoms with Gasteiger partial charge in [-0.05, 0) is 18.9 Å². The maximum Gasteiger partial charge on any atom is 0.274 e. The van der Waals surface area contributed by atoms with Crippen molar-refractivity contribution < 1.29 is 14.1 Å². The predicted octanol–water partition coefficient (Wildman–Crippen LogP) is 2.74. The Morgan fingerprint density at radius 2 is 2.31 bits per heavy atom. The predicted molar refractivity (Wildman–Crippen MR) is 91.3 cm³/mol. The average molecular weight is 382 g/mol. The summed E-state index contributed by atoms with van der Waals surface area (Å²) in [6, 6.07) is 1.53. The van der Waals surface area contributed by atoms with Crippen LogP contribution in [0.15, 0.2) is 12.1 Å². The van der Waals surface area contributed by atoms with E-state index in [1.807, 2.05) is 6.92 Å². The van der Waals surface area contributed by atoms with Crippen molar-refractivity contribution in [2.24, 2.45) is 0 Å². The van der Waals surface area contributed by atoms with Crippen LogP contribution < -0.4 is 5.32 Å². The van der Waals surface area contributed by atoms with Crippen LogP contribution in [0.1, 0.15) is 43.0 Å². The summed E-state index contributed by atoms with van der Waals surface area (Å²) in [4.78, 5) is 27.3. The van der Waals surface area contributed by atoms with Gasteiger partial charge in [0, 0.05) is 24.6 Å². The van der Waals surface area contributed by atoms with E-state index in [0.29, 0.717) is 24.5 Å². The third-order valence-corrected chi connectivity index (χ3v) is 4.53. The van der Waals surface area contributed by atoms with E-state index in [1.54, 1.807) is 4.68 Å². The van der Waals surface area contributed by atoms with Gasteiger partial charge in [-0.15, -0.1) is 0 Å². The van der Waals surface area contributed by atoms with E-state index in [9.17, 15) is 19.3 Å². The molecular formula is C16H17ClFN5O3. The Morgan fingerprint density at radius 3 is 3.00 bits per heavy atom. The number of fused-ring (bicyclic) bond motifs is 1. The molecule has 10 heteroatoms. The Bertz CT molecular complexity index is 870. The number of amides is 1. The standard InChI is InChI=1S/C16H17ClFN5O3/c1-2-14-20-16-12(4-3-5-22(16)21-14)19-15(24)7-9-6-11(18)10(17)8-13(9)23(25)26/h6,8,12H,2-5,7H2,1H3,(H,19,24)/t12-/m1/s1. The molecule has 0 unspecified atom stereocenters. The normalized spacial score (nSPS) is 16.2. The van der Waals surface area contributed by atoms with Gasteiger partial charge in [0.1, 0.15) is 11.6 Å². The van der Waals surface area contributed by atoms with Crippen LogP contribution in [-0.4, -0.2) is 25.6 Å². The Balaban J connectivity index is 1.78. The number of carbonyl (C=O) groups excluding carboxylic acids is 1. The number of aromatic nitrogens is 3. The molecule has 1 aromatic heterocycles. The number of halogens is 2. The van der Waals surface area contributed by atoms with Gasteiger partial charge >= 0.3 is 0 Å². The van der Waals surface area contributed by atoms with Gasteiger partial charge in [-0.1, -0.05) is 18.5 Å². The number of hydrogen-bond acceptors (Lipinski definition) is 5. The first-order chi connectivity index (χ1) is 12.4. The molecule has 2 aromatic rings. The summed E-state index contributed by atoms with van der Waals surface area (Å²) in [6.45, 7) is 2.69. The van der Waals surface area contributed by atoms with Gasteiger partial charge in [-0.3, -0.25) is 14.9 Å². The quantitative estimate of drug-likeness (QED) is 0.633. The van der Waals surface area contributed by atoms with E-state index >= 15 is 0 Å². The van der Waals surface area contributed by atoms with Crippen LogP contribution in [0, 0.1) is 15.9 Å². The fourth-order valence-electron chi connectivity index (χ4n) is 2.99. The summed E-state index contributed by atoms with van der Waals surface area (Å²) < 4.78 is 15.4. The van der Waals surface area contributed by atoms with Crippen molar-refractivity contribution in [3.05, 3.63) is 50.3 Å². The van der Waals surface area contributed by atoms with Crippen LogP contribution in [0.25, 0.3) is 0 Å². The molecular weight excluding hydrogens is 365 g/mol. The molecule has 0 bridgehead atoms. The van der Waals surface area contributed by atoms with Crippen LogP contribution in [0.4, 0.5) is 10.1 Å². The molecule has 0 aliphatic carbocycles. The summed E-state index contributed by atoms with van der Waals surface area (Å²) in [5, 5.41) is 18.0. The van der Waals surface area contributed by atoms with Crippen molar-refractivity contribution in [1.82, 2.24) is 20.1 Å². The Morgan fingerprint density at radius 1 is 1.54 bits per heavy atom. The number of carbonyl (C=O) groups is 1. The second-order valence-corrected chi connectivity index (χ2v) is 6.46. The highest BCUT2D eigenvalue weighted by molar-refractivity contribution is 6.31. The maximum atomic E-state index is 13.7. The summed E-state index contributed by atoms with van der Waals surface area (Å²) in [7, 11) is 0. The number of nitro groups is 1. The molecule has 0 spiro atoms. The van der Waals surface area contributed by atoms with Gasteiger partial charge in [0.15, 0.2) is 5.82 Å². The number of rotatable bonds is 5. The van der Waals surface area contributed by atoms with Gasteiger partial charge in [-0.25, -0.2) is 14.1 Å². The SMILES string of the molecule is CCc1nc2n(n1)CCC[C@H]2NC(=O)Cc1cc(F)c(Cl)cc1[N+](=O)[O-]. The summed E-state index contributed by atoms with van der Waals surface area (Å²) in [5.41, 5.74) is -0.410. The Hall–Kier alpha value is -2.55. The van der Waals surface area contributed by atoms with E-state index in [-0.39, 0.29) is 28.7 Å². The molecule has 1 N–H and O–H groups in total. The molecule has 8 nitrogen and oxygen atoms in total. The number of nitro benzene ring substituents is 1. The van der Waals surface area contributed by atoms with Gasteiger partial charge in [-0.2, -0.15) is 5.10 Å². The molecule has 0 saturated carbocycles. The number of aryl methyl sites for hydroxylation is 2. The summed E-state index contributed by atoms with van der Waals surface area (Å²) in [5.74, 6) is 0.134. The molecule has 2 heterocycles. The minimum Gasteiger partial charge on any atom is -0.346 e. The monoisotopic (exact) mass is 381 g/mol. The van der Waals surface area contributed by atoms with Crippen LogP contribution in [0.3, 0.4) is 0 Å². The highest BCUT2D eigenvalue weighted by Gasteiger charge is 2.27. The lowest BCUT2D eigenvalue weighted by Gasteiger charge is -2.23. The second-order valence-electron chi connectivity index (χ2n) is 6.05.